The summed E-state index contributed by atoms with van der Waals surface area (Å²) in [6, 6.07) is 14.0. The van der Waals surface area contributed by atoms with Crippen LogP contribution in [-0.2, 0) is 4.79 Å². The van der Waals surface area contributed by atoms with Crippen LogP contribution in [0.3, 0.4) is 0 Å². The van der Waals surface area contributed by atoms with Gasteiger partial charge in [-0.3, -0.25) is 14.9 Å². The lowest BCUT2D eigenvalue weighted by Crippen LogP contribution is -2.35. The predicted octanol–water partition coefficient (Wildman–Crippen LogP) is 2.26. The predicted molar refractivity (Wildman–Crippen MR) is 79.9 cm³/mol. The second-order valence-corrected chi connectivity index (χ2v) is 4.56. The van der Waals surface area contributed by atoms with Crippen LogP contribution in [0.2, 0.25) is 0 Å². The fourth-order valence-corrected chi connectivity index (χ4v) is 1.94. The van der Waals surface area contributed by atoms with E-state index in [9.17, 15) is 14.9 Å². The molecule has 0 heterocycles. The lowest BCUT2D eigenvalue weighted by atomic mass is 10.1. The summed E-state index contributed by atoms with van der Waals surface area (Å²) < 4.78 is 0. The number of benzene rings is 2. The fraction of sp³-hybridized carbons (Fsp3) is 0.133. The molecule has 6 nitrogen and oxygen atoms in total. The highest BCUT2D eigenvalue weighted by Gasteiger charge is 2.21. The summed E-state index contributed by atoms with van der Waals surface area (Å²) in [6.45, 7) is 0. The van der Waals surface area contributed by atoms with Crippen LogP contribution in [0, 0.1) is 10.1 Å². The highest BCUT2D eigenvalue weighted by Crippen LogP contribution is 2.21. The van der Waals surface area contributed by atoms with Crippen LogP contribution < -0.4 is 10.6 Å². The molecule has 0 spiro atoms. The first kappa shape index (κ1) is 14.7. The zero-order valence-corrected chi connectivity index (χ0v) is 11.5. The van der Waals surface area contributed by atoms with Crippen LogP contribution in [0.25, 0.3) is 0 Å². The maximum atomic E-state index is 12.3. The third-order valence-electron chi connectivity index (χ3n) is 3.20. The maximum Gasteiger partial charge on any atom is 0.269 e. The molecule has 0 unspecified atom stereocenters. The summed E-state index contributed by atoms with van der Waals surface area (Å²) in [6.07, 6.45) is 0. The van der Waals surface area contributed by atoms with Gasteiger partial charge in [-0.25, -0.2) is 0 Å². The van der Waals surface area contributed by atoms with Crippen molar-refractivity contribution in [2.75, 3.05) is 11.9 Å². The number of nitrogens with two attached hydrogens (primary N) is 1. The molecule has 0 bridgehead atoms. The Morgan fingerprint density at radius 1 is 1.14 bits per heavy atom. The number of carbonyl (C=O) groups excluding carboxylic acids is 1. The van der Waals surface area contributed by atoms with Crippen LogP contribution in [0.1, 0.15) is 11.6 Å². The smallest absolute Gasteiger partial charge is 0.269 e. The molecular weight excluding hydrogens is 270 g/mol. The van der Waals surface area contributed by atoms with Crippen molar-refractivity contribution in [2.45, 2.75) is 6.04 Å². The maximum absolute atomic E-state index is 12.3. The van der Waals surface area contributed by atoms with Gasteiger partial charge in [0.15, 0.2) is 0 Å². The number of likely N-dealkylation sites (N-methyl/N-ethyl adjacent to an activating group) is 1. The summed E-state index contributed by atoms with van der Waals surface area (Å²) in [4.78, 5) is 23.8. The molecule has 6 heteroatoms. The number of nitro groups is 1. The summed E-state index contributed by atoms with van der Waals surface area (Å²) in [5.41, 5.74) is 7.21. The van der Waals surface area contributed by atoms with Gasteiger partial charge < -0.3 is 10.6 Å². The molecule has 2 N–H and O–H groups in total. The Morgan fingerprint density at radius 3 is 2.24 bits per heavy atom. The van der Waals surface area contributed by atoms with Gasteiger partial charge in [0.05, 0.1) is 4.92 Å². The number of nitrogens with zero attached hydrogens (tertiary/aromatic N) is 2. The molecule has 21 heavy (non-hydrogen) atoms. The molecule has 0 saturated carbocycles. The van der Waals surface area contributed by atoms with Crippen molar-refractivity contribution in [3.8, 4) is 0 Å². The quantitative estimate of drug-likeness (QED) is 0.689. The molecule has 0 aliphatic carbocycles. The van der Waals surface area contributed by atoms with Crippen molar-refractivity contribution in [2.24, 2.45) is 5.73 Å². The van der Waals surface area contributed by atoms with Crippen molar-refractivity contribution in [1.82, 2.24) is 0 Å². The molecule has 0 aliphatic rings. The molecule has 0 aromatic heterocycles. The molecule has 0 fully saturated rings. The highest BCUT2D eigenvalue weighted by atomic mass is 16.6. The number of rotatable bonds is 4. The minimum Gasteiger partial charge on any atom is -0.316 e. The van der Waals surface area contributed by atoms with Gasteiger partial charge in [0, 0.05) is 24.9 Å². The SMILES string of the molecule is CN(C(=O)[C@@H](N)c1ccccc1)c1ccc([N+](=O)[O-])cc1. The largest absolute Gasteiger partial charge is 0.316 e. The number of amides is 1. The molecule has 2 rings (SSSR count). The van der Waals surface area contributed by atoms with Gasteiger partial charge in [0.25, 0.3) is 5.69 Å². The molecule has 108 valence electrons. The molecule has 1 atom stereocenters. The lowest BCUT2D eigenvalue weighted by molar-refractivity contribution is -0.384. The Hall–Kier alpha value is -2.73. The van der Waals surface area contributed by atoms with Gasteiger partial charge in [-0.15, -0.1) is 0 Å². The van der Waals surface area contributed by atoms with Crippen LogP contribution in [0.4, 0.5) is 11.4 Å². The van der Waals surface area contributed by atoms with E-state index in [0.717, 1.165) is 5.56 Å². The Morgan fingerprint density at radius 2 is 1.71 bits per heavy atom. The van der Waals surface area contributed by atoms with Crippen LogP contribution in [-0.4, -0.2) is 17.9 Å². The Balaban J connectivity index is 2.17. The van der Waals surface area contributed by atoms with Gasteiger partial charge in [0.1, 0.15) is 6.04 Å². The van der Waals surface area contributed by atoms with E-state index in [1.807, 2.05) is 18.2 Å². The normalized spacial score (nSPS) is 11.7. The standard InChI is InChI=1S/C15H15N3O3/c1-17(12-7-9-13(10-8-12)18(20)21)15(19)14(16)11-5-3-2-4-6-11/h2-10,14H,16H2,1H3/t14-/m0/s1. The summed E-state index contributed by atoms with van der Waals surface area (Å²) in [7, 11) is 1.59. The molecule has 0 aliphatic heterocycles. The van der Waals surface area contributed by atoms with E-state index in [-0.39, 0.29) is 11.6 Å². The molecular formula is C15H15N3O3. The van der Waals surface area contributed by atoms with Gasteiger partial charge in [-0.1, -0.05) is 30.3 Å². The first-order valence-electron chi connectivity index (χ1n) is 6.33. The summed E-state index contributed by atoms with van der Waals surface area (Å²) in [5.74, 6) is -0.282. The van der Waals surface area contributed by atoms with Crippen molar-refractivity contribution in [3.05, 3.63) is 70.3 Å². The number of non-ortho nitro benzene ring substituents is 1. The fourth-order valence-electron chi connectivity index (χ4n) is 1.94. The zero-order valence-electron chi connectivity index (χ0n) is 11.5. The molecule has 1 amide bonds. The highest BCUT2D eigenvalue weighted by molar-refractivity contribution is 5.97. The van der Waals surface area contributed by atoms with Crippen LogP contribution in [0.5, 0.6) is 0 Å². The third-order valence-corrected chi connectivity index (χ3v) is 3.20. The molecule has 2 aromatic carbocycles. The number of hydrogen-bond acceptors (Lipinski definition) is 4. The number of nitro benzene ring substituents is 1. The average molecular weight is 285 g/mol. The van der Waals surface area contributed by atoms with Crippen molar-refractivity contribution >= 4 is 17.3 Å². The van der Waals surface area contributed by atoms with E-state index in [2.05, 4.69) is 0 Å². The first-order chi connectivity index (χ1) is 10.0. The van der Waals surface area contributed by atoms with Gasteiger partial charge in [-0.05, 0) is 17.7 Å². The minimum atomic E-state index is -0.772. The van der Waals surface area contributed by atoms with Crippen LogP contribution >= 0.6 is 0 Å². The second-order valence-electron chi connectivity index (χ2n) is 4.56. The summed E-state index contributed by atoms with van der Waals surface area (Å²) in [5, 5.41) is 10.6. The van der Waals surface area contributed by atoms with E-state index >= 15 is 0 Å². The zero-order chi connectivity index (χ0) is 15.4. The molecule has 0 saturated heterocycles. The Kier molecular flexibility index (Phi) is 4.30. The number of carbonyl (C=O) groups is 1. The van der Waals surface area contributed by atoms with Crippen molar-refractivity contribution in [3.63, 3.8) is 0 Å². The number of hydrogen-bond donors (Lipinski definition) is 1. The first-order valence-corrected chi connectivity index (χ1v) is 6.33. The second kappa shape index (κ2) is 6.15. The van der Waals surface area contributed by atoms with E-state index in [1.165, 1.54) is 29.2 Å². The number of anilines is 1. The monoisotopic (exact) mass is 285 g/mol. The third kappa shape index (κ3) is 3.24. The van der Waals surface area contributed by atoms with Gasteiger partial charge in [0.2, 0.25) is 5.91 Å². The van der Waals surface area contributed by atoms with E-state index < -0.39 is 11.0 Å². The van der Waals surface area contributed by atoms with E-state index in [4.69, 9.17) is 5.73 Å². The van der Waals surface area contributed by atoms with Crippen LogP contribution in [0.15, 0.2) is 54.6 Å². The minimum absolute atomic E-state index is 0.0213. The molecule has 0 radical (unpaired) electrons. The Bertz CT molecular complexity index is 641. The van der Waals surface area contributed by atoms with Gasteiger partial charge >= 0.3 is 0 Å². The van der Waals surface area contributed by atoms with Crippen molar-refractivity contribution in [1.29, 1.82) is 0 Å². The Labute approximate surface area is 121 Å². The van der Waals surface area contributed by atoms with E-state index in [1.54, 1.807) is 19.2 Å². The van der Waals surface area contributed by atoms with Crippen molar-refractivity contribution < 1.29 is 9.72 Å². The average Bonchev–Trinajstić information content (AvgIpc) is 2.53. The molecule has 2 aromatic rings. The summed E-state index contributed by atoms with van der Waals surface area (Å²) >= 11 is 0. The van der Waals surface area contributed by atoms with E-state index in [0.29, 0.717) is 5.69 Å². The lowest BCUT2D eigenvalue weighted by Gasteiger charge is -2.21. The van der Waals surface area contributed by atoms with Gasteiger partial charge in [-0.2, -0.15) is 0 Å². The topological polar surface area (TPSA) is 89.5 Å².